The Balaban J connectivity index is 1.40. The van der Waals surface area contributed by atoms with E-state index in [0.717, 1.165) is 30.0 Å². The molecule has 0 radical (unpaired) electrons. The van der Waals surface area contributed by atoms with Gasteiger partial charge in [0.25, 0.3) is 0 Å². The number of hydrogen-bond donors (Lipinski definition) is 1. The molecule has 1 aromatic carbocycles. The molecule has 146 valence electrons. The number of carbonyl (C=O) groups is 1. The molecule has 3 heterocycles. The van der Waals surface area contributed by atoms with Crippen molar-refractivity contribution in [1.82, 2.24) is 30.1 Å². The normalized spacial score (nSPS) is 17.1. The molecule has 2 amide bonds. The van der Waals surface area contributed by atoms with Gasteiger partial charge >= 0.3 is 6.03 Å². The topological polar surface area (TPSA) is 88.8 Å². The highest BCUT2D eigenvalue weighted by atomic mass is 32.1. The highest BCUT2D eigenvalue weighted by Crippen LogP contribution is 2.28. The molecule has 3 aromatic rings. The van der Waals surface area contributed by atoms with Gasteiger partial charge in [0.1, 0.15) is 5.01 Å². The monoisotopic (exact) mass is 397 g/mol. The van der Waals surface area contributed by atoms with E-state index in [0.29, 0.717) is 17.6 Å². The first-order valence-corrected chi connectivity index (χ1v) is 10.3. The van der Waals surface area contributed by atoms with Gasteiger partial charge < -0.3 is 4.90 Å². The van der Waals surface area contributed by atoms with E-state index < -0.39 is 0 Å². The Morgan fingerprint density at radius 2 is 2.07 bits per heavy atom. The quantitative estimate of drug-likeness (QED) is 0.723. The summed E-state index contributed by atoms with van der Waals surface area (Å²) in [5, 5.41) is 20.5. The van der Waals surface area contributed by atoms with Gasteiger partial charge in [-0.15, -0.1) is 15.3 Å². The van der Waals surface area contributed by atoms with Crippen molar-refractivity contribution < 1.29 is 4.79 Å². The summed E-state index contributed by atoms with van der Waals surface area (Å²) < 4.78 is 1.82. The molecule has 9 heteroatoms. The van der Waals surface area contributed by atoms with Gasteiger partial charge in [0.15, 0.2) is 0 Å². The van der Waals surface area contributed by atoms with Gasteiger partial charge in [0, 0.05) is 24.8 Å². The van der Waals surface area contributed by atoms with Crippen molar-refractivity contribution in [3.63, 3.8) is 0 Å². The molecule has 0 saturated carbocycles. The molecule has 28 heavy (non-hydrogen) atoms. The molecule has 0 unspecified atom stereocenters. The lowest BCUT2D eigenvalue weighted by Gasteiger charge is -2.32. The predicted molar refractivity (Wildman–Crippen MR) is 108 cm³/mol. The van der Waals surface area contributed by atoms with Crippen LogP contribution in [0.1, 0.15) is 44.2 Å². The molecule has 8 nitrogen and oxygen atoms in total. The van der Waals surface area contributed by atoms with Crippen LogP contribution in [0.5, 0.6) is 0 Å². The molecule has 2 aromatic heterocycles. The molecule has 1 aliphatic rings. The third kappa shape index (κ3) is 4.04. The summed E-state index contributed by atoms with van der Waals surface area (Å²) in [7, 11) is 0. The number of piperidine rings is 1. The number of aromatic nitrogens is 5. The summed E-state index contributed by atoms with van der Waals surface area (Å²) in [6.07, 6.45) is 5.42. The Bertz CT molecular complexity index is 920. The average molecular weight is 398 g/mol. The second-order valence-corrected chi connectivity index (χ2v) is 8.22. The smallest absolute Gasteiger partial charge is 0.322 e. The summed E-state index contributed by atoms with van der Waals surface area (Å²) in [6, 6.07) is 8.33. The lowest BCUT2D eigenvalue weighted by Crippen LogP contribution is -2.43. The first-order valence-electron chi connectivity index (χ1n) is 9.45. The number of rotatable bonds is 4. The fourth-order valence-electron chi connectivity index (χ4n) is 3.34. The Morgan fingerprint density at radius 3 is 2.79 bits per heavy atom. The number of urea groups is 1. The lowest BCUT2D eigenvalue weighted by molar-refractivity contribution is 0.174. The van der Waals surface area contributed by atoms with Crippen molar-refractivity contribution in [3.05, 3.63) is 42.2 Å². The van der Waals surface area contributed by atoms with Crippen LogP contribution >= 0.6 is 11.3 Å². The van der Waals surface area contributed by atoms with E-state index in [2.05, 4.69) is 63.9 Å². The number of likely N-dealkylation sites (tertiary alicyclic amines) is 1. The van der Waals surface area contributed by atoms with Gasteiger partial charge in [-0.05, 0) is 24.3 Å². The maximum absolute atomic E-state index is 12.7. The molecular weight excluding hydrogens is 374 g/mol. The molecule has 1 atom stereocenters. The van der Waals surface area contributed by atoms with Crippen molar-refractivity contribution in [1.29, 1.82) is 0 Å². The van der Waals surface area contributed by atoms with E-state index in [1.807, 2.05) is 10.9 Å². The van der Waals surface area contributed by atoms with Crippen LogP contribution in [0.3, 0.4) is 0 Å². The van der Waals surface area contributed by atoms with Crippen LogP contribution in [0, 0.1) is 0 Å². The minimum absolute atomic E-state index is 0.150. The SMILES string of the molecule is CC(C)c1ccc(-c2nnc(NC(=O)N3CCC[C@@H](n4ccnn4)C3)s2)cc1. The molecule has 1 saturated heterocycles. The van der Waals surface area contributed by atoms with Crippen LogP contribution in [0.25, 0.3) is 10.6 Å². The van der Waals surface area contributed by atoms with Crippen LogP contribution in [0.4, 0.5) is 9.93 Å². The van der Waals surface area contributed by atoms with Crippen LogP contribution in [-0.4, -0.2) is 49.2 Å². The predicted octanol–water partition coefficient (Wildman–Crippen LogP) is 3.79. The first-order chi connectivity index (χ1) is 13.6. The Hall–Kier alpha value is -2.81. The lowest BCUT2D eigenvalue weighted by atomic mass is 10.0. The highest BCUT2D eigenvalue weighted by molar-refractivity contribution is 7.18. The van der Waals surface area contributed by atoms with Crippen molar-refractivity contribution in [2.45, 2.75) is 38.6 Å². The number of carbonyl (C=O) groups excluding carboxylic acids is 1. The van der Waals surface area contributed by atoms with Gasteiger partial charge in [-0.3, -0.25) is 5.32 Å². The van der Waals surface area contributed by atoms with Crippen molar-refractivity contribution in [2.75, 3.05) is 18.4 Å². The maximum Gasteiger partial charge on any atom is 0.323 e. The Kier molecular flexibility index (Phi) is 5.34. The maximum atomic E-state index is 12.7. The van der Waals surface area contributed by atoms with Crippen LogP contribution in [0.15, 0.2) is 36.7 Å². The van der Waals surface area contributed by atoms with Crippen LogP contribution < -0.4 is 5.32 Å². The summed E-state index contributed by atoms with van der Waals surface area (Å²) in [5.41, 5.74) is 2.29. The van der Waals surface area contributed by atoms with Gasteiger partial charge in [0.05, 0.1) is 12.2 Å². The number of anilines is 1. The molecule has 1 aliphatic heterocycles. The molecular formula is C19H23N7OS. The zero-order valence-corrected chi connectivity index (χ0v) is 16.8. The number of amides is 2. The number of nitrogens with one attached hydrogen (secondary N) is 1. The molecule has 0 bridgehead atoms. The fourth-order valence-corrected chi connectivity index (χ4v) is 4.08. The molecule has 1 fully saturated rings. The van der Waals surface area contributed by atoms with Gasteiger partial charge in [-0.2, -0.15) is 0 Å². The van der Waals surface area contributed by atoms with Crippen LogP contribution in [0.2, 0.25) is 0 Å². The summed E-state index contributed by atoms with van der Waals surface area (Å²) in [6.45, 7) is 5.67. The zero-order valence-electron chi connectivity index (χ0n) is 15.9. The summed E-state index contributed by atoms with van der Waals surface area (Å²) in [5.74, 6) is 0.490. The fraction of sp³-hybridized carbons (Fsp3) is 0.421. The summed E-state index contributed by atoms with van der Waals surface area (Å²) >= 11 is 1.38. The standard InChI is InChI=1S/C19H23N7OS/c1-13(2)14-5-7-15(8-6-14)17-22-23-18(28-17)21-19(27)25-10-3-4-16(12-25)26-11-9-20-24-26/h5-9,11,13,16H,3-4,10,12H2,1-2H3,(H,21,23,27)/t16-/m1/s1. The van der Waals surface area contributed by atoms with Gasteiger partial charge in [-0.1, -0.05) is 54.7 Å². The van der Waals surface area contributed by atoms with E-state index in [-0.39, 0.29) is 12.1 Å². The molecule has 0 aliphatic carbocycles. The Morgan fingerprint density at radius 1 is 1.25 bits per heavy atom. The van der Waals surface area contributed by atoms with Gasteiger partial charge in [-0.25, -0.2) is 9.48 Å². The van der Waals surface area contributed by atoms with Gasteiger partial charge in [0.2, 0.25) is 5.13 Å². The van der Waals surface area contributed by atoms with Crippen molar-refractivity contribution in [3.8, 4) is 10.6 Å². The van der Waals surface area contributed by atoms with Crippen molar-refractivity contribution in [2.24, 2.45) is 0 Å². The second kappa shape index (κ2) is 8.05. The third-order valence-electron chi connectivity index (χ3n) is 4.96. The highest BCUT2D eigenvalue weighted by Gasteiger charge is 2.26. The molecule has 4 rings (SSSR count). The Labute approximate surface area is 167 Å². The number of benzene rings is 1. The molecule has 1 N–H and O–H groups in total. The van der Waals surface area contributed by atoms with E-state index in [4.69, 9.17) is 0 Å². The third-order valence-corrected chi connectivity index (χ3v) is 5.85. The van der Waals surface area contributed by atoms with Crippen molar-refractivity contribution >= 4 is 22.5 Å². The minimum atomic E-state index is -0.150. The average Bonchev–Trinajstić information content (AvgIpc) is 3.40. The molecule has 0 spiro atoms. The second-order valence-electron chi connectivity index (χ2n) is 7.24. The van der Waals surface area contributed by atoms with Crippen LogP contribution in [-0.2, 0) is 0 Å². The van der Waals surface area contributed by atoms with E-state index >= 15 is 0 Å². The van der Waals surface area contributed by atoms with E-state index in [9.17, 15) is 4.79 Å². The largest absolute Gasteiger partial charge is 0.323 e. The summed E-state index contributed by atoms with van der Waals surface area (Å²) in [4.78, 5) is 14.5. The minimum Gasteiger partial charge on any atom is -0.322 e. The van der Waals surface area contributed by atoms with E-state index in [1.165, 1.54) is 16.9 Å². The number of hydrogen-bond acceptors (Lipinski definition) is 6. The first kappa shape index (κ1) is 18.5. The number of nitrogens with zero attached hydrogens (tertiary/aromatic N) is 6. The van der Waals surface area contributed by atoms with E-state index in [1.54, 1.807) is 11.1 Å². The zero-order chi connectivity index (χ0) is 19.5.